The Hall–Kier alpha value is -0.240. The average molecular weight is 233 g/mol. The third-order valence-corrected chi connectivity index (χ3v) is 2.29. The Morgan fingerprint density at radius 1 is 0.938 bits per heavy atom. The quantitative estimate of drug-likeness (QED) is 0.165. The molecule has 0 heterocycles. The van der Waals surface area contributed by atoms with Crippen molar-refractivity contribution in [3.63, 3.8) is 0 Å². The van der Waals surface area contributed by atoms with Crippen LogP contribution in [0.1, 0.15) is 25.7 Å². The molecule has 0 saturated heterocycles. The second-order valence-electron chi connectivity index (χ2n) is 3.76. The zero-order valence-corrected chi connectivity index (χ0v) is 10.1. The molecule has 0 aliphatic rings. The van der Waals surface area contributed by atoms with Crippen molar-refractivity contribution in [3.8, 4) is 0 Å². The van der Waals surface area contributed by atoms with E-state index in [-0.39, 0.29) is 6.23 Å². The van der Waals surface area contributed by atoms with E-state index in [0.29, 0.717) is 6.54 Å². The summed E-state index contributed by atoms with van der Waals surface area (Å²) in [6, 6.07) is 0. The van der Waals surface area contributed by atoms with Gasteiger partial charge in [-0.25, -0.2) is 5.90 Å². The van der Waals surface area contributed by atoms with Crippen molar-refractivity contribution in [2.24, 2.45) is 17.4 Å². The van der Waals surface area contributed by atoms with E-state index in [0.717, 1.165) is 51.9 Å². The van der Waals surface area contributed by atoms with Crippen LogP contribution in [0.3, 0.4) is 0 Å². The van der Waals surface area contributed by atoms with Gasteiger partial charge >= 0.3 is 0 Å². The Morgan fingerprint density at radius 3 is 2.19 bits per heavy atom. The van der Waals surface area contributed by atoms with Crippen molar-refractivity contribution in [2.75, 3.05) is 32.7 Å². The fourth-order valence-electron chi connectivity index (χ4n) is 1.35. The molecule has 0 amide bonds. The number of nitrogens with one attached hydrogen (secondary N) is 2. The summed E-state index contributed by atoms with van der Waals surface area (Å²) in [4.78, 5) is 4.82. The first kappa shape index (κ1) is 15.8. The van der Waals surface area contributed by atoms with Gasteiger partial charge in [0, 0.05) is 0 Å². The lowest BCUT2D eigenvalue weighted by Crippen LogP contribution is -2.36. The lowest BCUT2D eigenvalue weighted by Gasteiger charge is -2.16. The SMILES string of the molecule is NCCCNCCCC(NCCCN)ON. The molecule has 0 aliphatic heterocycles. The molecule has 0 bridgehead atoms. The second-order valence-corrected chi connectivity index (χ2v) is 3.76. The molecule has 8 N–H and O–H groups in total. The molecular weight excluding hydrogens is 206 g/mol. The number of rotatable bonds is 12. The van der Waals surface area contributed by atoms with Crippen LogP contribution in [0.2, 0.25) is 0 Å². The maximum Gasteiger partial charge on any atom is 0.129 e. The van der Waals surface area contributed by atoms with E-state index in [9.17, 15) is 0 Å². The zero-order valence-electron chi connectivity index (χ0n) is 10.1. The van der Waals surface area contributed by atoms with E-state index < -0.39 is 0 Å². The molecule has 6 heteroatoms. The highest BCUT2D eigenvalue weighted by Gasteiger charge is 2.05. The van der Waals surface area contributed by atoms with Crippen LogP contribution in [0.5, 0.6) is 0 Å². The average Bonchev–Trinajstić information content (AvgIpc) is 2.31. The lowest BCUT2D eigenvalue weighted by atomic mass is 10.2. The van der Waals surface area contributed by atoms with Crippen molar-refractivity contribution < 1.29 is 4.84 Å². The maximum atomic E-state index is 5.39. The Morgan fingerprint density at radius 2 is 1.56 bits per heavy atom. The second kappa shape index (κ2) is 12.8. The molecule has 0 saturated carbocycles. The van der Waals surface area contributed by atoms with Gasteiger partial charge in [-0.2, -0.15) is 0 Å². The Balaban J connectivity index is 3.26. The monoisotopic (exact) mass is 233 g/mol. The van der Waals surface area contributed by atoms with E-state index in [2.05, 4.69) is 10.6 Å². The van der Waals surface area contributed by atoms with Gasteiger partial charge in [0.2, 0.25) is 0 Å². The third-order valence-electron chi connectivity index (χ3n) is 2.29. The first-order valence-corrected chi connectivity index (χ1v) is 6.05. The molecule has 0 aromatic heterocycles. The molecule has 0 aromatic carbocycles. The minimum Gasteiger partial charge on any atom is -0.330 e. The van der Waals surface area contributed by atoms with Gasteiger partial charge < -0.3 is 16.8 Å². The topological polar surface area (TPSA) is 111 Å². The van der Waals surface area contributed by atoms with E-state index in [1.165, 1.54) is 0 Å². The van der Waals surface area contributed by atoms with Gasteiger partial charge in [0.05, 0.1) is 0 Å². The number of hydrogen-bond donors (Lipinski definition) is 5. The molecule has 0 spiro atoms. The van der Waals surface area contributed by atoms with E-state index in [1.807, 2.05) is 0 Å². The molecule has 0 rings (SSSR count). The third kappa shape index (κ3) is 10.3. The summed E-state index contributed by atoms with van der Waals surface area (Å²) in [5.74, 6) is 5.19. The summed E-state index contributed by atoms with van der Waals surface area (Å²) in [7, 11) is 0. The first-order chi connectivity index (χ1) is 7.85. The summed E-state index contributed by atoms with van der Waals surface area (Å²) in [6.07, 6.45) is 3.82. The molecule has 0 aliphatic carbocycles. The van der Waals surface area contributed by atoms with E-state index in [4.69, 9.17) is 22.2 Å². The highest BCUT2D eigenvalue weighted by atomic mass is 16.6. The largest absolute Gasteiger partial charge is 0.330 e. The van der Waals surface area contributed by atoms with Crippen molar-refractivity contribution in [3.05, 3.63) is 0 Å². The summed E-state index contributed by atoms with van der Waals surface area (Å²) in [5, 5.41) is 6.51. The first-order valence-electron chi connectivity index (χ1n) is 6.05. The van der Waals surface area contributed by atoms with Crippen LogP contribution in [-0.4, -0.2) is 39.0 Å². The fraction of sp³-hybridized carbons (Fsp3) is 1.00. The Kier molecular flexibility index (Phi) is 12.6. The van der Waals surface area contributed by atoms with E-state index >= 15 is 0 Å². The van der Waals surface area contributed by atoms with Crippen molar-refractivity contribution in [1.29, 1.82) is 0 Å². The van der Waals surface area contributed by atoms with Crippen LogP contribution >= 0.6 is 0 Å². The smallest absolute Gasteiger partial charge is 0.129 e. The summed E-state index contributed by atoms with van der Waals surface area (Å²) >= 11 is 0. The van der Waals surface area contributed by atoms with Gasteiger partial charge in [-0.1, -0.05) is 0 Å². The van der Waals surface area contributed by atoms with Crippen molar-refractivity contribution in [2.45, 2.75) is 31.9 Å². The molecule has 6 nitrogen and oxygen atoms in total. The number of nitrogens with two attached hydrogens (primary N) is 3. The van der Waals surface area contributed by atoms with Gasteiger partial charge in [0.15, 0.2) is 0 Å². The summed E-state index contributed by atoms with van der Waals surface area (Å²) < 4.78 is 0. The van der Waals surface area contributed by atoms with Crippen LogP contribution in [-0.2, 0) is 4.84 Å². The van der Waals surface area contributed by atoms with Crippen molar-refractivity contribution in [1.82, 2.24) is 10.6 Å². The lowest BCUT2D eigenvalue weighted by molar-refractivity contribution is 0.0221. The summed E-state index contributed by atoms with van der Waals surface area (Å²) in [5.41, 5.74) is 10.8. The summed E-state index contributed by atoms with van der Waals surface area (Å²) in [6.45, 7) is 4.22. The van der Waals surface area contributed by atoms with Crippen LogP contribution in [0, 0.1) is 0 Å². The predicted molar refractivity (Wildman–Crippen MR) is 66.5 cm³/mol. The molecule has 1 unspecified atom stereocenters. The van der Waals surface area contributed by atoms with Gasteiger partial charge in [-0.3, -0.25) is 10.2 Å². The Bertz CT molecular complexity index is 136. The van der Waals surface area contributed by atoms with E-state index in [1.54, 1.807) is 0 Å². The van der Waals surface area contributed by atoms with Crippen LogP contribution < -0.4 is 28.0 Å². The standard InChI is InChI=1S/C10H27N5O/c11-5-2-8-14-7-1-4-10(16-13)15-9-3-6-12/h10,14-15H,1-9,11-13H2. The van der Waals surface area contributed by atoms with Crippen molar-refractivity contribution >= 4 is 0 Å². The molecule has 0 aromatic rings. The molecular formula is C10H27N5O. The molecule has 0 fully saturated rings. The predicted octanol–water partition coefficient (Wildman–Crippen LogP) is -1.14. The van der Waals surface area contributed by atoms with Crippen LogP contribution in [0.25, 0.3) is 0 Å². The Labute approximate surface area is 98.2 Å². The normalized spacial score (nSPS) is 12.9. The van der Waals surface area contributed by atoms with Gasteiger partial charge in [-0.15, -0.1) is 0 Å². The van der Waals surface area contributed by atoms with Crippen LogP contribution in [0.4, 0.5) is 0 Å². The van der Waals surface area contributed by atoms with Gasteiger partial charge in [0.1, 0.15) is 6.23 Å². The maximum absolute atomic E-state index is 5.39. The molecule has 16 heavy (non-hydrogen) atoms. The number of hydrogen-bond acceptors (Lipinski definition) is 6. The van der Waals surface area contributed by atoms with Gasteiger partial charge in [0.25, 0.3) is 0 Å². The van der Waals surface area contributed by atoms with Crippen LogP contribution in [0.15, 0.2) is 0 Å². The fourth-order valence-corrected chi connectivity index (χ4v) is 1.35. The minimum atomic E-state index is -0.0668. The highest BCUT2D eigenvalue weighted by Crippen LogP contribution is 1.96. The molecule has 98 valence electrons. The highest BCUT2D eigenvalue weighted by molar-refractivity contribution is 4.58. The molecule has 1 atom stereocenters. The molecule has 0 radical (unpaired) electrons. The zero-order chi connectivity index (χ0) is 12.1. The van der Waals surface area contributed by atoms with Gasteiger partial charge in [-0.05, 0) is 58.4 Å². The minimum absolute atomic E-state index is 0.0668.